The third kappa shape index (κ3) is 3.66. The van der Waals surface area contributed by atoms with Gasteiger partial charge in [0.15, 0.2) is 0 Å². The minimum atomic E-state index is -0.0236. The van der Waals surface area contributed by atoms with E-state index >= 15 is 0 Å². The summed E-state index contributed by atoms with van der Waals surface area (Å²) in [5.41, 5.74) is 6.51. The van der Waals surface area contributed by atoms with Gasteiger partial charge in [0, 0.05) is 12.5 Å². The molecular weight excluding hydrogens is 242 g/mol. The lowest BCUT2D eigenvalue weighted by Crippen LogP contribution is -2.01. The molecule has 0 spiro atoms. The second-order valence-corrected chi connectivity index (χ2v) is 4.20. The number of aliphatic hydroxyl groups is 1. The van der Waals surface area contributed by atoms with E-state index in [1.54, 1.807) is 18.2 Å². The lowest BCUT2D eigenvalue weighted by Gasteiger charge is -2.08. The van der Waals surface area contributed by atoms with Crippen LogP contribution in [0.15, 0.2) is 30.3 Å². The molecule has 0 saturated heterocycles. The molecule has 19 heavy (non-hydrogen) atoms. The maximum Gasteiger partial charge on any atom is 0.224 e. The highest BCUT2D eigenvalue weighted by Gasteiger charge is 2.05. The Morgan fingerprint density at radius 2 is 2.11 bits per heavy atom. The number of nitrogens with two attached hydrogens (primary N) is 1. The predicted octanol–water partition coefficient (Wildman–Crippen LogP) is 2.30. The molecule has 0 aliphatic carbocycles. The first-order chi connectivity index (χ1) is 9.21. The van der Waals surface area contributed by atoms with Crippen molar-refractivity contribution >= 4 is 5.82 Å². The third-order valence-electron chi connectivity index (χ3n) is 2.55. The van der Waals surface area contributed by atoms with E-state index in [9.17, 15) is 0 Å². The molecule has 0 fully saturated rings. The average Bonchev–Trinajstić information content (AvgIpc) is 2.38. The quantitative estimate of drug-likeness (QED) is 0.861. The Balaban J connectivity index is 2.22. The van der Waals surface area contributed by atoms with Crippen LogP contribution in [0.3, 0.4) is 0 Å². The van der Waals surface area contributed by atoms with Crippen molar-refractivity contribution in [3.05, 3.63) is 41.7 Å². The molecule has 1 aromatic carbocycles. The van der Waals surface area contributed by atoms with Crippen LogP contribution >= 0.6 is 0 Å². The van der Waals surface area contributed by atoms with E-state index in [4.69, 9.17) is 15.6 Å². The van der Waals surface area contributed by atoms with E-state index in [-0.39, 0.29) is 6.61 Å². The molecule has 5 nitrogen and oxygen atoms in total. The molecule has 2 aromatic rings. The molecule has 0 unspecified atom stereocenters. The van der Waals surface area contributed by atoms with Gasteiger partial charge in [0.05, 0.1) is 6.61 Å². The van der Waals surface area contributed by atoms with Gasteiger partial charge in [-0.15, -0.1) is 0 Å². The van der Waals surface area contributed by atoms with Gasteiger partial charge in [-0.25, -0.2) is 4.98 Å². The highest BCUT2D eigenvalue weighted by molar-refractivity contribution is 5.36. The van der Waals surface area contributed by atoms with Crippen molar-refractivity contribution in [2.45, 2.75) is 26.4 Å². The second-order valence-electron chi connectivity index (χ2n) is 4.20. The van der Waals surface area contributed by atoms with Crippen molar-refractivity contribution < 1.29 is 9.84 Å². The Morgan fingerprint density at radius 1 is 1.26 bits per heavy atom. The van der Waals surface area contributed by atoms with E-state index in [1.807, 2.05) is 12.1 Å². The molecule has 5 heteroatoms. The van der Waals surface area contributed by atoms with Gasteiger partial charge in [0.2, 0.25) is 5.88 Å². The Labute approximate surface area is 112 Å². The smallest absolute Gasteiger partial charge is 0.224 e. The number of aliphatic hydroxyl groups excluding tert-OH is 1. The number of nitrogens with zero attached hydrogens (tertiary/aromatic N) is 2. The lowest BCUT2D eigenvalue weighted by atomic mass is 10.2. The van der Waals surface area contributed by atoms with Gasteiger partial charge in [-0.05, 0) is 24.1 Å². The van der Waals surface area contributed by atoms with E-state index in [2.05, 4.69) is 16.9 Å². The van der Waals surface area contributed by atoms with Crippen molar-refractivity contribution in [1.82, 2.24) is 9.97 Å². The van der Waals surface area contributed by atoms with Crippen molar-refractivity contribution in [3.8, 4) is 11.6 Å². The molecule has 0 amide bonds. The summed E-state index contributed by atoms with van der Waals surface area (Å²) in [4.78, 5) is 8.44. The van der Waals surface area contributed by atoms with Gasteiger partial charge in [-0.3, -0.25) is 0 Å². The molecule has 0 saturated carbocycles. The minimum absolute atomic E-state index is 0.0236. The first-order valence-electron chi connectivity index (χ1n) is 6.22. The van der Waals surface area contributed by atoms with Gasteiger partial charge < -0.3 is 15.6 Å². The number of hydrogen-bond donors (Lipinski definition) is 2. The molecule has 3 N–H and O–H groups in total. The molecule has 0 radical (unpaired) electrons. The van der Waals surface area contributed by atoms with Crippen molar-refractivity contribution in [2.24, 2.45) is 0 Å². The summed E-state index contributed by atoms with van der Waals surface area (Å²) >= 11 is 0. The SMILES string of the molecule is CCCc1nc(N)cc(Oc2cccc(CO)c2)n1. The van der Waals surface area contributed by atoms with Crippen LogP contribution in [0.4, 0.5) is 5.82 Å². The number of benzene rings is 1. The maximum absolute atomic E-state index is 9.09. The molecule has 0 bridgehead atoms. The molecule has 0 aliphatic heterocycles. The van der Waals surface area contributed by atoms with E-state index in [0.717, 1.165) is 18.4 Å². The number of rotatable bonds is 5. The van der Waals surface area contributed by atoms with Crippen LogP contribution < -0.4 is 10.5 Å². The van der Waals surface area contributed by atoms with Gasteiger partial charge >= 0.3 is 0 Å². The van der Waals surface area contributed by atoms with E-state index in [1.165, 1.54) is 0 Å². The number of ether oxygens (including phenoxy) is 1. The molecular formula is C14H17N3O2. The fourth-order valence-corrected chi connectivity index (χ4v) is 1.71. The summed E-state index contributed by atoms with van der Waals surface area (Å²) in [6.07, 6.45) is 1.71. The Morgan fingerprint density at radius 3 is 2.84 bits per heavy atom. The zero-order chi connectivity index (χ0) is 13.7. The average molecular weight is 259 g/mol. The van der Waals surface area contributed by atoms with Crippen LogP contribution in [0, 0.1) is 0 Å². The molecule has 100 valence electrons. The van der Waals surface area contributed by atoms with Crippen molar-refractivity contribution in [2.75, 3.05) is 5.73 Å². The van der Waals surface area contributed by atoms with Gasteiger partial charge in [0.1, 0.15) is 17.4 Å². The highest BCUT2D eigenvalue weighted by atomic mass is 16.5. The first kappa shape index (κ1) is 13.3. The van der Waals surface area contributed by atoms with Crippen LogP contribution in [0.25, 0.3) is 0 Å². The van der Waals surface area contributed by atoms with Gasteiger partial charge in [0.25, 0.3) is 0 Å². The normalized spacial score (nSPS) is 10.4. The third-order valence-corrected chi connectivity index (χ3v) is 2.55. The van der Waals surface area contributed by atoms with Crippen LogP contribution in [0.5, 0.6) is 11.6 Å². The van der Waals surface area contributed by atoms with Gasteiger partial charge in [-0.2, -0.15) is 4.98 Å². The number of nitrogen functional groups attached to an aromatic ring is 1. The summed E-state index contributed by atoms with van der Waals surface area (Å²) in [5.74, 6) is 2.11. The zero-order valence-corrected chi connectivity index (χ0v) is 10.8. The van der Waals surface area contributed by atoms with Crippen molar-refractivity contribution in [1.29, 1.82) is 0 Å². The number of aryl methyl sites for hydroxylation is 1. The van der Waals surface area contributed by atoms with Crippen LogP contribution in [0.1, 0.15) is 24.7 Å². The van der Waals surface area contributed by atoms with Crippen LogP contribution in [0.2, 0.25) is 0 Å². The fraction of sp³-hybridized carbons (Fsp3) is 0.286. The van der Waals surface area contributed by atoms with E-state index < -0.39 is 0 Å². The van der Waals surface area contributed by atoms with Crippen LogP contribution in [-0.4, -0.2) is 15.1 Å². The van der Waals surface area contributed by atoms with Gasteiger partial charge in [-0.1, -0.05) is 19.1 Å². The minimum Gasteiger partial charge on any atom is -0.439 e. The Bertz CT molecular complexity index is 558. The standard InChI is InChI=1S/C14H17N3O2/c1-2-4-13-16-12(15)8-14(17-13)19-11-6-3-5-10(7-11)9-18/h3,5-8,18H,2,4,9H2,1H3,(H2,15,16,17). The molecule has 1 heterocycles. The second kappa shape index (κ2) is 6.15. The summed E-state index contributed by atoms with van der Waals surface area (Å²) in [6.45, 7) is 2.03. The Hall–Kier alpha value is -2.14. The Kier molecular flexibility index (Phi) is 4.30. The fourth-order valence-electron chi connectivity index (χ4n) is 1.71. The molecule has 0 atom stereocenters. The predicted molar refractivity (Wildman–Crippen MR) is 72.9 cm³/mol. The number of aromatic nitrogens is 2. The molecule has 0 aliphatic rings. The largest absolute Gasteiger partial charge is 0.439 e. The number of hydrogen-bond acceptors (Lipinski definition) is 5. The zero-order valence-electron chi connectivity index (χ0n) is 10.8. The van der Waals surface area contributed by atoms with E-state index in [0.29, 0.717) is 23.3 Å². The molecule has 1 aromatic heterocycles. The maximum atomic E-state index is 9.09. The summed E-state index contributed by atoms with van der Waals surface area (Å²) in [6, 6.07) is 8.79. The topological polar surface area (TPSA) is 81.3 Å². The van der Waals surface area contributed by atoms with Crippen LogP contribution in [-0.2, 0) is 13.0 Å². The highest BCUT2D eigenvalue weighted by Crippen LogP contribution is 2.22. The number of anilines is 1. The van der Waals surface area contributed by atoms with Crippen molar-refractivity contribution in [3.63, 3.8) is 0 Å². The summed E-state index contributed by atoms with van der Waals surface area (Å²) in [5, 5.41) is 9.09. The summed E-state index contributed by atoms with van der Waals surface area (Å²) < 4.78 is 5.65. The molecule has 2 rings (SSSR count). The lowest BCUT2D eigenvalue weighted by molar-refractivity contribution is 0.281. The first-order valence-corrected chi connectivity index (χ1v) is 6.22. The monoisotopic (exact) mass is 259 g/mol. The summed E-state index contributed by atoms with van der Waals surface area (Å²) in [7, 11) is 0.